The molecule has 0 aromatic carbocycles. The van der Waals surface area contributed by atoms with Crippen LogP contribution in [0.15, 0.2) is 22.7 Å². The molecule has 1 atom stereocenters. The Labute approximate surface area is 155 Å². The average Bonchev–Trinajstić information content (AvgIpc) is 3.22. The summed E-state index contributed by atoms with van der Waals surface area (Å²) in [7, 11) is 4.06. The van der Waals surface area contributed by atoms with Crippen molar-refractivity contribution in [3.05, 3.63) is 41.0 Å². The summed E-state index contributed by atoms with van der Waals surface area (Å²) in [5, 5.41) is 4.03. The fourth-order valence-electron chi connectivity index (χ4n) is 3.41. The van der Waals surface area contributed by atoms with Crippen LogP contribution in [0.1, 0.15) is 53.8 Å². The largest absolute Gasteiger partial charge is 0.378 e. The highest BCUT2D eigenvalue weighted by Gasteiger charge is 2.31. The first-order valence-corrected chi connectivity index (χ1v) is 9.24. The van der Waals surface area contributed by atoms with Gasteiger partial charge in [-0.15, -0.1) is 0 Å². The van der Waals surface area contributed by atoms with E-state index in [-0.39, 0.29) is 11.8 Å². The summed E-state index contributed by atoms with van der Waals surface area (Å²) in [5.74, 6) is 1.01. The van der Waals surface area contributed by atoms with E-state index in [1.54, 1.807) is 6.07 Å². The number of carbonyl (C=O) groups excluding carboxylic acids is 1. The Morgan fingerprint density at radius 1 is 1.35 bits per heavy atom. The van der Waals surface area contributed by atoms with E-state index < -0.39 is 0 Å². The third-order valence-corrected chi connectivity index (χ3v) is 4.76. The maximum absolute atomic E-state index is 12.7. The van der Waals surface area contributed by atoms with E-state index in [1.165, 1.54) is 0 Å². The average molecular weight is 356 g/mol. The van der Waals surface area contributed by atoms with Crippen LogP contribution in [0.3, 0.4) is 0 Å². The van der Waals surface area contributed by atoms with Gasteiger partial charge in [0, 0.05) is 56.2 Å². The molecule has 1 saturated heterocycles. The monoisotopic (exact) mass is 356 g/mol. The van der Waals surface area contributed by atoms with Gasteiger partial charge in [-0.05, 0) is 37.8 Å². The number of hydrogen-bond acceptors (Lipinski definition) is 5. The predicted molar refractivity (Wildman–Crippen MR) is 102 cm³/mol. The molecule has 1 amide bonds. The van der Waals surface area contributed by atoms with Gasteiger partial charge >= 0.3 is 0 Å². The molecule has 140 valence electrons. The van der Waals surface area contributed by atoms with Gasteiger partial charge in [-0.3, -0.25) is 9.78 Å². The number of rotatable bonds is 5. The van der Waals surface area contributed by atoms with E-state index in [0.717, 1.165) is 42.2 Å². The lowest BCUT2D eigenvalue weighted by atomic mass is 10.0. The molecule has 2 aromatic rings. The summed E-state index contributed by atoms with van der Waals surface area (Å²) in [4.78, 5) is 21.4. The lowest BCUT2D eigenvalue weighted by Crippen LogP contribution is -2.28. The van der Waals surface area contributed by atoms with Gasteiger partial charge in [-0.1, -0.05) is 19.0 Å². The fourth-order valence-corrected chi connectivity index (χ4v) is 3.41. The van der Waals surface area contributed by atoms with Crippen molar-refractivity contribution >= 4 is 11.6 Å². The highest BCUT2D eigenvalue weighted by atomic mass is 16.5. The van der Waals surface area contributed by atoms with E-state index in [4.69, 9.17) is 9.51 Å². The van der Waals surface area contributed by atoms with Crippen LogP contribution in [0.2, 0.25) is 0 Å². The second-order valence-electron chi connectivity index (χ2n) is 7.80. The minimum absolute atomic E-state index is 0.0736. The van der Waals surface area contributed by atoms with Crippen LogP contribution in [0.5, 0.6) is 0 Å². The number of hydrogen-bond donors (Lipinski definition) is 0. The number of pyridine rings is 1. The molecule has 0 unspecified atom stereocenters. The summed E-state index contributed by atoms with van der Waals surface area (Å²) in [6.07, 6.45) is 1.74. The SMILES string of the molecule is Cc1cc(N(C)C)cc([C@H]2CCN(C(=O)c3cc(CC(C)C)no3)C2)n1. The van der Waals surface area contributed by atoms with Crippen molar-refractivity contribution < 1.29 is 9.32 Å². The number of nitrogens with zero attached hydrogens (tertiary/aromatic N) is 4. The van der Waals surface area contributed by atoms with Gasteiger partial charge in [0.1, 0.15) is 0 Å². The molecule has 0 saturated carbocycles. The Hall–Kier alpha value is -2.37. The summed E-state index contributed by atoms with van der Waals surface area (Å²) in [6, 6.07) is 5.98. The Kier molecular flexibility index (Phi) is 5.30. The number of carbonyl (C=O) groups is 1. The van der Waals surface area contributed by atoms with Crippen LogP contribution in [-0.4, -0.2) is 48.1 Å². The molecule has 0 aliphatic carbocycles. The van der Waals surface area contributed by atoms with E-state index in [9.17, 15) is 4.79 Å². The first kappa shape index (κ1) is 18.4. The fraction of sp³-hybridized carbons (Fsp3) is 0.550. The zero-order valence-electron chi connectivity index (χ0n) is 16.3. The zero-order valence-corrected chi connectivity index (χ0v) is 16.3. The van der Waals surface area contributed by atoms with Crippen molar-refractivity contribution in [2.45, 2.75) is 39.5 Å². The van der Waals surface area contributed by atoms with Crippen LogP contribution in [0.25, 0.3) is 0 Å². The molecule has 26 heavy (non-hydrogen) atoms. The molecule has 3 heterocycles. The Morgan fingerprint density at radius 3 is 2.81 bits per heavy atom. The molecule has 2 aromatic heterocycles. The topological polar surface area (TPSA) is 62.5 Å². The van der Waals surface area contributed by atoms with Gasteiger partial charge in [-0.25, -0.2) is 0 Å². The summed E-state index contributed by atoms with van der Waals surface area (Å²) < 4.78 is 5.29. The molecule has 1 aliphatic rings. The second kappa shape index (κ2) is 7.48. The second-order valence-corrected chi connectivity index (χ2v) is 7.80. The first-order valence-electron chi connectivity index (χ1n) is 9.24. The number of amides is 1. The van der Waals surface area contributed by atoms with Crippen molar-refractivity contribution in [3.63, 3.8) is 0 Å². The maximum Gasteiger partial charge on any atom is 0.292 e. The lowest BCUT2D eigenvalue weighted by molar-refractivity contribution is 0.0749. The minimum Gasteiger partial charge on any atom is -0.378 e. The Morgan fingerprint density at radius 2 is 2.12 bits per heavy atom. The molecular weight excluding hydrogens is 328 g/mol. The molecule has 1 aliphatic heterocycles. The molecule has 0 N–H and O–H groups in total. The lowest BCUT2D eigenvalue weighted by Gasteiger charge is -2.18. The van der Waals surface area contributed by atoms with Crippen LogP contribution in [0, 0.1) is 12.8 Å². The smallest absolute Gasteiger partial charge is 0.292 e. The minimum atomic E-state index is -0.0736. The normalized spacial score (nSPS) is 17.2. The van der Waals surface area contributed by atoms with E-state index >= 15 is 0 Å². The van der Waals surface area contributed by atoms with Gasteiger partial charge in [0.15, 0.2) is 0 Å². The van der Waals surface area contributed by atoms with Crippen molar-refractivity contribution in [2.75, 3.05) is 32.1 Å². The molecule has 1 fully saturated rings. The van der Waals surface area contributed by atoms with E-state index in [0.29, 0.717) is 18.2 Å². The number of anilines is 1. The Balaban J connectivity index is 1.70. The summed E-state index contributed by atoms with van der Waals surface area (Å²) in [6.45, 7) is 7.65. The van der Waals surface area contributed by atoms with Crippen LogP contribution >= 0.6 is 0 Å². The molecule has 0 spiro atoms. The third kappa shape index (κ3) is 4.06. The molecule has 6 nitrogen and oxygen atoms in total. The molecule has 0 radical (unpaired) electrons. The van der Waals surface area contributed by atoms with Gasteiger partial charge in [0.25, 0.3) is 5.91 Å². The van der Waals surface area contributed by atoms with Crippen LogP contribution < -0.4 is 4.90 Å². The standard InChI is InChI=1S/C20H28N4O2/c1-13(2)8-16-10-19(26-22-16)20(25)24-7-6-15(12-24)18-11-17(23(4)5)9-14(3)21-18/h9-11,13,15H,6-8,12H2,1-5H3/t15-/m0/s1. The van der Waals surface area contributed by atoms with Gasteiger partial charge in [0.05, 0.1) is 5.69 Å². The third-order valence-electron chi connectivity index (χ3n) is 4.76. The predicted octanol–water partition coefficient (Wildman–Crippen LogP) is 3.27. The maximum atomic E-state index is 12.7. The van der Waals surface area contributed by atoms with E-state index in [2.05, 4.69) is 36.0 Å². The number of likely N-dealkylation sites (tertiary alicyclic amines) is 1. The first-order chi connectivity index (χ1) is 12.3. The highest BCUT2D eigenvalue weighted by molar-refractivity contribution is 5.91. The summed E-state index contributed by atoms with van der Waals surface area (Å²) in [5.41, 5.74) is 4.05. The zero-order chi connectivity index (χ0) is 18.8. The molecule has 0 bridgehead atoms. The molecule has 3 rings (SSSR count). The molecule has 6 heteroatoms. The van der Waals surface area contributed by atoms with Crippen LogP contribution in [-0.2, 0) is 6.42 Å². The van der Waals surface area contributed by atoms with E-state index in [1.807, 2.05) is 25.9 Å². The quantitative estimate of drug-likeness (QED) is 0.823. The number of aromatic nitrogens is 2. The van der Waals surface area contributed by atoms with Crippen molar-refractivity contribution in [1.29, 1.82) is 0 Å². The van der Waals surface area contributed by atoms with Crippen molar-refractivity contribution in [3.8, 4) is 0 Å². The Bertz CT molecular complexity index is 782. The van der Waals surface area contributed by atoms with Crippen LogP contribution in [0.4, 0.5) is 5.69 Å². The summed E-state index contributed by atoms with van der Waals surface area (Å²) >= 11 is 0. The van der Waals surface area contributed by atoms with Gasteiger partial charge < -0.3 is 14.3 Å². The van der Waals surface area contributed by atoms with Crippen molar-refractivity contribution in [2.24, 2.45) is 5.92 Å². The van der Waals surface area contributed by atoms with Crippen molar-refractivity contribution in [1.82, 2.24) is 15.0 Å². The van der Waals surface area contributed by atoms with Gasteiger partial charge in [-0.2, -0.15) is 0 Å². The molecular formula is C20H28N4O2. The number of aryl methyl sites for hydroxylation is 1. The highest BCUT2D eigenvalue weighted by Crippen LogP contribution is 2.29. The van der Waals surface area contributed by atoms with Gasteiger partial charge in [0.2, 0.25) is 5.76 Å².